The molecule has 5 nitrogen and oxygen atoms in total. The van der Waals surface area contributed by atoms with Crippen molar-refractivity contribution in [2.75, 3.05) is 19.6 Å². The number of rotatable bonds is 1. The number of piperazine rings is 1. The summed E-state index contributed by atoms with van der Waals surface area (Å²) >= 11 is 1.34. The fraction of sp³-hybridized carbons (Fsp3) is 0.429. The third-order valence-electron chi connectivity index (χ3n) is 3.28. The molecule has 0 spiro atoms. The van der Waals surface area contributed by atoms with Crippen molar-refractivity contribution >= 4 is 23.2 Å². The van der Waals surface area contributed by atoms with Gasteiger partial charge in [-0.2, -0.15) is 0 Å². The van der Waals surface area contributed by atoms with Crippen molar-refractivity contribution in [1.29, 1.82) is 0 Å². The fourth-order valence-corrected chi connectivity index (χ4v) is 2.89. The van der Waals surface area contributed by atoms with Crippen molar-refractivity contribution in [2.45, 2.75) is 19.4 Å². The number of nitrogens with two attached hydrogens (primary N) is 1. The van der Waals surface area contributed by atoms with E-state index in [0.717, 1.165) is 0 Å². The van der Waals surface area contributed by atoms with Crippen LogP contribution in [0.1, 0.15) is 29.1 Å². The molecule has 2 rings (SSSR count). The number of hydrogen-bond acceptors (Lipinski definition) is 4. The van der Waals surface area contributed by atoms with Crippen LogP contribution in [0.4, 0.5) is 0 Å². The molecule has 2 heterocycles. The highest BCUT2D eigenvalue weighted by molar-refractivity contribution is 7.12. The molecule has 20 heavy (non-hydrogen) atoms. The van der Waals surface area contributed by atoms with Gasteiger partial charge in [0.25, 0.3) is 5.91 Å². The van der Waals surface area contributed by atoms with Crippen LogP contribution in [0.3, 0.4) is 0 Å². The molecular weight excluding hydrogens is 274 g/mol. The standard InChI is InChI=1S/C14H17N3O2S/c1-14(2)13(19)16-7-8-17(14)12(18)11-10(4-3-6-15)5-9-20-11/h5,9H,6-8,15H2,1-2H3,(H,16,19). The first kappa shape index (κ1) is 14.6. The molecule has 1 aliphatic heterocycles. The molecule has 3 N–H and O–H groups in total. The Bertz CT molecular complexity index is 595. The Balaban J connectivity index is 2.32. The lowest BCUT2D eigenvalue weighted by molar-refractivity contribution is -0.133. The maximum Gasteiger partial charge on any atom is 0.266 e. The van der Waals surface area contributed by atoms with Crippen LogP contribution in [0.2, 0.25) is 0 Å². The highest BCUT2D eigenvalue weighted by atomic mass is 32.1. The van der Waals surface area contributed by atoms with Gasteiger partial charge in [0, 0.05) is 18.7 Å². The zero-order valence-electron chi connectivity index (χ0n) is 11.5. The lowest BCUT2D eigenvalue weighted by Crippen LogP contribution is -2.63. The van der Waals surface area contributed by atoms with E-state index in [2.05, 4.69) is 17.2 Å². The molecule has 0 bridgehead atoms. The summed E-state index contributed by atoms with van der Waals surface area (Å²) in [4.78, 5) is 26.7. The van der Waals surface area contributed by atoms with Crippen LogP contribution in [-0.2, 0) is 4.79 Å². The maximum atomic E-state index is 12.7. The smallest absolute Gasteiger partial charge is 0.266 e. The highest BCUT2D eigenvalue weighted by Crippen LogP contribution is 2.24. The predicted molar refractivity (Wildman–Crippen MR) is 78.4 cm³/mol. The third kappa shape index (κ3) is 2.55. The third-order valence-corrected chi connectivity index (χ3v) is 4.18. The van der Waals surface area contributed by atoms with E-state index < -0.39 is 5.54 Å². The first-order chi connectivity index (χ1) is 9.48. The van der Waals surface area contributed by atoms with E-state index >= 15 is 0 Å². The molecule has 0 atom stereocenters. The van der Waals surface area contributed by atoms with Gasteiger partial charge in [0.1, 0.15) is 10.4 Å². The van der Waals surface area contributed by atoms with Gasteiger partial charge in [0.05, 0.1) is 6.54 Å². The van der Waals surface area contributed by atoms with Gasteiger partial charge in [-0.1, -0.05) is 11.8 Å². The van der Waals surface area contributed by atoms with Crippen molar-refractivity contribution < 1.29 is 9.59 Å². The molecular formula is C14H17N3O2S. The molecule has 1 aromatic heterocycles. The van der Waals surface area contributed by atoms with Gasteiger partial charge in [0.2, 0.25) is 5.91 Å². The second kappa shape index (κ2) is 5.65. The van der Waals surface area contributed by atoms with E-state index in [-0.39, 0.29) is 18.4 Å². The van der Waals surface area contributed by atoms with E-state index in [4.69, 9.17) is 5.73 Å². The van der Waals surface area contributed by atoms with Gasteiger partial charge in [-0.05, 0) is 25.3 Å². The predicted octanol–water partition coefficient (Wildman–Crippen LogP) is 0.409. The highest BCUT2D eigenvalue weighted by Gasteiger charge is 2.41. The Hall–Kier alpha value is -1.84. The molecule has 1 fully saturated rings. The summed E-state index contributed by atoms with van der Waals surface area (Å²) in [5.41, 5.74) is 5.18. The summed E-state index contributed by atoms with van der Waals surface area (Å²) in [5.74, 6) is 5.36. The molecule has 1 saturated heterocycles. The van der Waals surface area contributed by atoms with Gasteiger partial charge in [-0.15, -0.1) is 11.3 Å². The fourth-order valence-electron chi connectivity index (χ4n) is 2.10. The number of hydrogen-bond donors (Lipinski definition) is 2. The molecule has 0 unspecified atom stereocenters. The minimum atomic E-state index is -0.849. The zero-order chi connectivity index (χ0) is 14.8. The average molecular weight is 291 g/mol. The van der Waals surface area contributed by atoms with E-state index in [0.29, 0.717) is 23.5 Å². The van der Waals surface area contributed by atoms with Crippen molar-refractivity contribution in [1.82, 2.24) is 10.2 Å². The minimum absolute atomic E-state index is 0.136. The summed E-state index contributed by atoms with van der Waals surface area (Å²) in [6.07, 6.45) is 0. The molecule has 2 amide bonds. The average Bonchev–Trinajstić information content (AvgIpc) is 2.87. The molecule has 1 aromatic rings. The number of thiophene rings is 1. The molecule has 0 radical (unpaired) electrons. The zero-order valence-corrected chi connectivity index (χ0v) is 12.3. The second-order valence-electron chi connectivity index (χ2n) is 4.94. The summed E-state index contributed by atoms with van der Waals surface area (Å²) in [6.45, 7) is 4.72. The number of amides is 2. The maximum absolute atomic E-state index is 12.7. The summed E-state index contributed by atoms with van der Waals surface area (Å²) in [5, 5.41) is 4.60. The van der Waals surface area contributed by atoms with Crippen molar-refractivity contribution in [2.24, 2.45) is 5.73 Å². The van der Waals surface area contributed by atoms with E-state index in [1.807, 2.05) is 5.38 Å². The lowest BCUT2D eigenvalue weighted by atomic mass is 9.98. The quantitative estimate of drug-likeness (QED) is 0.736. The molecule has 0 aliphatic carbocycles. The number of carbonyl (C=O) groups is 2. The Morgan fingerprint density at radius 3 is 3.05 bits per heavy atom. The summed E-state index contributed by atoms with van der Waals surface area (Å²) < 4.78 is 0. The van der Waals surface area contributed by atoms with Crippen LogP contribution >= 0.6 is 11.3 Å². The largest absolute Gasteiger partial charge is 0.352 e. The van der Waals surface area contributed by atoms with Crippen molar-refractivity contribution in [3.8, 4) is 11.8 Å². The number of nitrogens with zero attached hydrogens (tertiary/aromatic N) is 1. The Kier molecular flexibility index (Phi) is 4.12. The molecule has 0 saturated carbocycles. The van der Waals surface area contributed by atoms with Gasteiger partial charge in [0.15, 0.2) is 0 Å². The topological polar surface area (TPSA) is 75.4 Å². The second-order valence-corrected chi connectivity index (χ2v) is 5.86. The minimum Gasteiger partial charge on any atom is -0.352 e. The van der Waals surface area contributed by atoms with Crippen molar-refractivity contribution in [3.05, 3.63) is 21.9 Å². The van der Waals surface area contributed by atoms with Gasteiger partial charge < -0.3 is 16.0 Å². The van der Waals surface area contributed by atoms with Crippen LogP contribution in [-0.4, -0.2) is 41.9 Å². The molecule has 6 heteroatoms. The lowest BCUT2D eigenvalue weighted by Gasteiger charge is -2.41. The first-order valence-electron chi connectivity index (χ1n) is 6.35. The molecule has 0 aromatic carbocycles. The van der Waals surface area contributed by atoms with Crippen LogP contribution in [0, 0.1) is 11.8 Å². The van der Waals surface area contributed by atoms with Gasteiger partial charge >= 0.3 is 0 Å². The van der Waals surface area contributed by atoms with Crippen LogP contribution < -0.4 is 11.1 Å². The summed E-state index contributed by atoms with van der Waals surface area (Å²) in [6, 6.07) is 1.80. The Labute approximate surface area is 122 Å². The summed E-state index contributed by atoms with van der Waals surface area (Å²) in [7, 11) is 0. The normalized spacial score (nSPS) is 17.1. The van der Waals surface area contributed by atoms with Crippen molar-refractivity contribution in [3.63, 3.8) is 0 Å². The number of nitrogens with one attached hydrogen (secondary N) is 1. The van der Waals surface area contributed by atoms with E-state index in [1.54, 1.807) is 24.8 Å². The first-order valence-corrected chi connectivity index (χ1v) is 7.23. The SMILES string of the molecule is CC1(C)C(=O)NCCN1C(=O)c1sccc1C#CCN. The van der Waals surface area contributed by atoms with E-state index in [1.165, 1.54) is 11.3 Å². The van der Waals surface area contributed by atoms with Crippen LogP contribution in [0.5, 0.6) is 0 Å². The Morgan fingerprint density at radius 2 is 2.35 bits per heavy atom. The Morgan fingerprint density at radius 1 is 1.60 bits per heavy atom. The van der Waals surface area contributed by atoms with Gasteiger partial charge in [-0.3, -0.25) is 9.59 Å². The molecule has 1 aliphatic rings. The van der Waals surface area contributed by atoms with Crippen LogP contribution in [0.25, 0.3) is 0 Å². The van der Waals surface area contributed by atoms with Crippen LogP contribution in [0.15, 0.2) is 11.4 Å². The van der Waals surface area contributed by atoms with Gasteiger partial charge in [-0.25, -0.2) is 0 Å². The number of carbonyl (C=O) groups excluding carboxylic acids is 2. The molecule has 106 valence electrons. The van der Waals surface area contributed by atoms with E-state index in [9.17, 15) is 9.59 Å². The monoisotopic (exact) mass is 291 g/mol.